The molecule has 1 saturated heterocycles. The Kier molecular flexibility index (Phi) is 5.71. The maximum absolute atomic E-state index is 12.7. The van der Waals surface area contributed by atoms with E-state index in [0.717, 1.165) is 42.8 Å². The number of rotatable bonds is 6. The first kappa shape index (κ1) is 19.3. The third kappa shape index (κ3) is 4.54. The normalized spacial score (nSPS) is 15.4. The zero-order chi connectivity index (χ0) is 20.2. The molecule has 1 aliphatic rings. The molecule has 2 aromatic carbocycles. The van der Waals surface area contributed by atoms with Gasteiger partial charge in [0.05, 0.1) is 13.7 Å². The largest absolute Gasteiger partial charge is 0.497 e. The molecule has 0 saturated carbocycles. The van der Waals surface area contributed by atoms with Crippen molar-refractivity contribution in [1.82, 2.24) is 15.0 Å². The van der Waals surface area contributed by atoms with Crippen molar-refractivity contribution in [2.24, 2.45) is 5.92 Å². The average Bonchev–Trinajstić information content (AvgIpc) is 3.23. The maximum Gasteiger partial charge on any atom is 0.241 e. The van der Waals surface area contributed by atoms with Crippen LogP contribution < -0.4 is 4.74 Å². The summed E-state index contributed by atoms with van der Waals surface area (Å²) >= 11 is 0. The first-order valence-corrected chi connectivity index (χ1v) is 9.92. The summed E-state index contributed by atoms with van der Waals surface area (Å²) in [5, 5.41) is 4.10. The monoisotopic (exact) mass is 391 g/mol. The molecule has 0 spiro atoms. The minimum absolute atomic E-state index is 0.0606. The molecule has 1 aromatic heterocycles. The van der Waals surface area contributed by atoms with Gasteiger partial charge in [0.2, 0.25) is 11.7 Å². The van der Waals surface area contributed by atoms with Gasteiger partial charge >= 0.3 is 0 Å². The van der Waals surface area contributed by atoms with Crippen molar-refractivity contribution >= 4 is 5.78 Å². The van der Waals surface area contributed by atoms with Gasteiger partial charge in [0, 0.05) is 17.0 Å². The van der Waals surface area contributed by atoms with E-state index in [1.165, 1.54) is 5.56 Å². The smallest absolute Gasteiger partial charge is 0.241 e. The van der Waals surface area contributed by atoms with Crippen LogP contribution in [0.4, 0.5) is 0 Å². The Hall–Kier alpha value is -2.99. The molecule has 0 amide bonds. The fourth-order valence-corrected chi connectivity index (χ4v) is 3.67. The van der Waals surface area contributed by atoms with E-state index < -0.39 is 0 Å². The number of ether oxygens (including phenoxy) is 1. The molecule has 0 atom stereocenters. The molecule has 2 heterocycles. The molecule has 0 unspecified atom stereocenters. The van der Waals surface area contributed by atoms with Crippen LogP contribution in [0.3, 0.4) is 0 Å². The van der Waals surface area contributed by atoms with E-state index in [9.17, 15) is 4.79 Å². The van der Waals surface area contributed by atoms with Gasteiger partial charge in [0.25, 0.3) is 0 Å². The van der Waals surface area contributed by atoms with Crippen molar-refractivity contribution in [2.75, 3.05) is 20.2 Å². The Labute approximate surface area is 170 Å². The maximum atomic E-state index is 12.7. The number of carbonyl (C=O) groups excluding carboxylic acids is 1. The highest BCUT2D eigenvalue weighted by atomic mass is 16.5. The Bertz CT molecular complexity index is 956. The van der Waals surface area contributed by atoms with E-state index in [1.807, 2.05) is 48.5 Å². The van der Waals surface area contributed by atoms with E-state index in [4.69, 9.17) is 9.26 Å². The molecule has 4 rings (SSSR count). The molecule has 0 radical (unpaired) electrons. The first-order chi connectivity index (χ1) is 14.1. The lowest BCUT2D eigenvalue weighted by atomic mass is 9.89. The van der Waals surface area contributed by atoms with Crippen LogP contribution in [0.2, 0.25) is 0 Å². The summed E-state index contributed by atoms with van der Waals surface area (Å²) < 4.78 is 10.6. The third-order valence-electron chi connectivity index (χ3n) is 5.47. The highest BCUT2D eigenvalue weighted by molar-refractivity contribution is 5.98. The molecule has 6 nitrogen and oxygen atoms in total. The summed E-state index contributed by atoms with van der Waals surface area (Å²) in [6.45, 7) is 4.35. The number of carbonyl (C=O) groups is 1. The van der Waals surface area contributed by atoms with Crippen molar-refractivity contribution in [1.29, 1.82) is 0 Å². The molecule has 29 heavy (non-hydrogen) atoms. The standard InChI is InChI=1S/C23H25N3O3/c1-16-3-5-19(6-4-16)23-24-21(29-25-23)15-26-13-11-18(12-14-26)22(27)17-7-9-20(28-2)10-8-17/h3-10,18H,11-15H2,1-2H3. The molecule has 1 fully saturated rings. The summed E-state index contributed by atoms with van der Waals surface area (Å²) in [5.41, 5.74) is 2.91. The number of nitrogens with zero attached hydrogens (tertiary/aromatic N) is 3. The molecule has 0 aliphatic carbocycles. The first-order valence-electron chi connectivity index (χ1n) is 9.92. The van der Waals surface area contributed by atoms with Crippen LogP contribution in [0.5, 0.6) is 5.75 Å². The SMILES string of the molecule is COc1ccc(C(=O)C2CCN(Cc3nc(-c4ccc(C)cc4)no3)CC2)cc1. The number of aryl methyl sites for hydroxylation is 1. The Morgan fingerprint density at radius 3 is 2.45 bits per heavy atom. The van der Waals surface area contributed by atoms with Crippen LogP contribution in [-0.4, -0.2) is 41.0 Å². The van der Waals surface area contributed by atoms with E-state index in [-0.39, 0.29) is 11.7 Å². The molecule has 1 aliphatic heterocycles. The van der Waals surface area contributed by atoms with Gasteiger partial charge in [-0.2, -0.15) is 4.98 Å². The number of piperidine rings is 1. The van der Waals surface area contributed by atoms with Crippen LogP contribution in [0.1, 0.15) is 34.7 Å². The number of Topliss-reactive ketones (excluding diaryl/α,β-unsaturated/α-hetero) is 1. The van der Waals surface area contributed by atoms with Gasteiger partial charge in [0.1, 0.15) is 5.75 Å². The van der Waals surface area contributed by atoms with Crippen LogP contribution >= 0.6 is 0 Å². The molecular formula is C23H25N3O3. The minimum Gasteiger partial charge on any atom is -0.497 e. The summed E-state index contributed by atoms with van der Waals surface area (Å²) in [4.78, 5) is 19.5. The van der Waals surface area contributed by atoms with Crippen molar-refractivity contribution in [3.8, 4) is 17.1 Å². The van der Waals surface area contributed by atoms with Gasteiger partial charge in [-0.25, -0.2) is 0 Å². The predicted octanol–water partition coefficient (Wildman–Crippen LogP) is 4.15. The quantitative estimate of drug-likeness (QED) is 0.588. The molecule has 0 N–H and O–H groups in total. The second-order valence-electron chi connectivity index (χ2n) is 7.52. The number of benzene rings is 2. The zero-order valence-corrected chi connectivity index (χ0v) is 16.8. The number of hydrogen-bond acceptors (Lipinski definition) is 6. The number of aromatic nitrogens is 2. The van der Waals surface area contributed by atoms with E-state index in [0.29, 0.717) is 18.3 Å². The Morgan fingerprint density at radius 2 is 1.79 bits per heavy atom. The molecule has 0 bridgehead atoms. The van der Waals surface area contributed by atoms with Gasteiger partial charge < -0.3 is 9.26 Å². The van der Waals surface area contributed by atoms with Crippen LogP contribution in [-0.2, 0) is 6.54 Å². The van der Waals surface area contributed by atoms with Crippen molar-refractivity contribution in [3.63, 3.8) is 0 Å². The summed E-state index contributed by atoms with van der Waals surface area (Å²) in [7, 11) is 1.62. The lowest BCUT2D eigenvalue weighted by molar-refractivity contribution is 0.0825. The average molecular weight is 391 g/mol. The highest BCUT2D eigenvalue weighted by Gasteiger charge is 2.26. The Balaban J connectivity index is 1.32. The van der Waals surface area contributed by atoms with Crippen molar-refractivity contribution in [2.45, 2.75) is 26.3 Å². The molecule has 150 valence electrons. The van der Waals surface area contributed by atoms with Crippen molar-refractivity contribution < 1.29 is 14.1 Å². The lowest BCUT2D eigenvalue weighted by Crippen LogP contribution is -2.36. The van der Waals surface area contributed by atoms with Gasteiger partial charge in [-0.15, -0.1) is 0 Å². The number of hydrogen-bond donors (Lipinski definition) is 0. The van der Waals surface area contributed by atoms with Crippen molar-refractivity contribution in [3.05, 3.63) is 65.5 Å². The lowest BCUT2D eigenvalue weighted by Gasteiger charge is -2.30. The third-order valence-corrected chi connectivity index (χ3v) is 5.47. The predicted molar refractivity (Wildman–Crippen MR) is 110 cm³/mol. The number of ketones is 1. The minimum atomic E-state index is 0.0606. The second kappa shape index (κ2) is 8.57. The summed E-state index contributed by atoms with van der Waals surface area (Å²) in [5.74, 6) is 2.27. The van der Waals surface area contributed by atoms with Gasteiger partial charge in [-0.3, -0.25) is 9.69 Å². The number of methoxy groups -OCH3 is 1. The van der Waals surface area contributed by atoms with Gasteiger partial charge in [-0.05, 0) is 57.1 Å². The van der Waals surface area contributed by atoms with E-state index in [1.54, 1.807) is 7.11 Å². The number of likely N-dealkylation sites (tertiary alicyclic amines) is 1. The highest BCUT2D eigenvalue weighted by Crippen LogP contribution is 2.24. The zero-order valence-electron chi connectivity index (χ0n) is 16.8. The second-order valence-corrected chi connectivity index (χ2v) is 7.52. The van der Waals surface area contributed by atoms with Crippen LogP contribution in [0.15, 0.2) is 53.1 Å². The van der Waals surface area contributed by atoms with Gasteiger partial charge in [-0.1, -0.05) is 35.0 Å². The van der Waals surface area contributed by atoms with Crippen LogP contribution in [0, 0.1) is 12.8 Å². The summed E-state index contributed by atoms with van der Waals surface area (Å²) in [6, 6.07) is 15.4. The molecular weight excluding hydrogens is 366 g/mol. The summed E-state index contributed by atoms with van der Waals surface area (Å²) in [6.07, 6.45) is 1.67. The fraction of sp³-hybridized carbons (Fsp3) is 0.348. The van der Waals surface area contributed by atoms with Gasteiger partial charge in [0.15, 0.2) is 5.78 Å². The van der Waals surface area contributed by atoms with E-state index >= 15 is 0 Å². The van der Waals surface area contributed by atoms with Crippen LogP contribution in [0.25, 0.3) is 11.4 Å². The fourth-order valence-electron chi connectivity index (χ4n) is 3.67. The Morgan fingerprint density at radius 1 is 1.10 bits per heavy atom. The molecule has 6 heteroatoms. The topological polar surface area (TPSA) is 68.5 Å². The molecule has 3 aromatic rings. The van der Waals surface area contributed by atoms with E-state index in [2.05, 4.69) is 22.0 Å².